The van der Waals surface area contributed by atoms with Crippen LogP contribution < -0.4 is 0 Å². The third kappa shape index (κ3) is 5.07. The SMILES string of the molecule is CC(=O)OCCOCCOC(=O)c1ccc2cc(C#N)ccc2c1. The summed E-state index contributed by atoms with van der Waals surface area (Å²) in [5.74, 6) is -0.798. The molecule has 0 radical (unpaired) electrons. The molecule has 0 heterocycles. The Balaban J connectivity index is 1.81. The molecule has 0 aliphatic carbocycles. The molecule has 2 aromatic rings. The highest BCUT2D eigenvalue weighted by atomic mass is 16.6. The smallest absolute Gasteiger partial charge is 0.338 e. The van der Waals surface area contributed by atoms with E-state index in [4.69, 9.17) is 19.5 Å². The first-order valence-corrected chi connectivity index (χ1v) is 7.42. The number of nitrogens with zero attached hydrogens (tertiary/aromatic N) is 1. The zero-order valence-electron chi connectivity index (χ0n) is 13.3. The van der Waals surface area contributed by atoms with Crippen LogP contribution in [0.5, 0.6) is 0 Å². The Labute approximate surface area is 139 Å². The summed E-state index contributed by atoms with van der Waals surface area (Å²) in [7, 11) is 0. The lowest BCUT2D eigenvalue weighted by atomic mass is 10.0. The highest BCUT2D eigenvalue weighted by Crippen LogP contribution is 2.18. The number of carbonyl (C=O) groups is 2. The van der Waals surface area contributed by atoms with Gasteiger partial charge in [-0.3, -0.25) is 4.79 Å². The topological polar surface area (TPSA) is 85.6 Å². The number of ether oxygens (including phenoxy) is 3. The number of nitriles is 1. The minimum Gasteiger partial charge on any atom is -0.463 e. The van der Waals surface area contributed by atoms with Gasteiger partial charge in [0.05, 0.1) is 30.4 Å². The van der Waals surface area contributed by atoms with E-state index in [1.807, 2.05) is 0 Å². The highest BCUT2D eigenvalue weighted by molar-refractivity contribution is 5.95. The summed E-state index contributed by atoms with van der Waals surface area (Å²) in [4.78, 5) is 22.5. The highest BCUT2D eigenvalue weighted by Gasteiger charge is 2.08. The normalized spacial score (nSPS) is 10.2. The fraction of sp³-hybridized carbons (Fsp3) is 0.278. The molecule has 0 saturated heterocycles. The summed E-state index contributed by atoms with van der Waals surface area (Å²) in [6.45, 7) is 2.11. The van der Waals surface area contributed by atoms with Gasteiger partial charge in [0.2, 0.25) is 0 Å². The first-order valence-electron chi connectivity index (χ1n) is 7.42. The standard InChI is InChI=1S/C18H17NO5/c1-13(20)23-8-6-22-7-9-24-18(21)17-5-4-15-10-14(12-19)2-3-16(15)11-17/h2-5,10-11H,6-9H2,1H3. The van der Waals surface area contributed by atoms with Crippen LogP contribution in [0, 0.1) is 11.3 Å². The second-order valence-corrected chi connectivity index (χ2v) is 4.98. The van der Waals surface area contributed by atoms with Gasteiger partial charge in [0.1, 0.15) is 13.2 Å². The molecule has 24 heavy (non-hydrogen) atoms. The van der Waals surface area contributed by atoms with E-state index >= 15 is 0 Å². The van der Waals surface area contributed by atoms with Gasteiger partial charge in [-0.25, -0.2) is 4.79 Å². The van der Waals surface area contributed by atoms with Gasteiger partial charge in [-0.05, 0) is 35.0 Å². The molecular weight excluding hydrogens is 310 g/mol. The monoisotopic (exact) mass is 327 g/mol. The van der Waals surface area contributed by atoms with Gasteiger partial charge in [0, 0.05) is 6.92 Å². The van der Waals surface area contributed by atoms with Gasteiger partial charge in [0.15, 0.2) is 0 Å². The summed E-state index contributed by atoms with van der Waals surface area (Å²) in [5, 5.41) is 10.6. The van der Waals surface area contributed by atoms with Crippen molar-refractivity contribution in [2.24, 2.45) is 0 Å². The Kier molecular flexibility index (Phi) is 6.29. The minimum atomic E-state index is -0.440. The first kappa shape index (κ1) is 17.4. The van der Waals surface area contributed by atoms with E-state index in [0.717, 1.165) is 10.8 Å². The number of benzene rings is 2. The van der Waals surface area contributed by atoms with Crippen molar-refractivity contribution in [2.45, 2.75) is 6.92 Å². The van der Waals surface area contributed by atoms with E-state index in [9.17, 15) is 9.59 Å². The maximum absolute atomic E-state index is 12.0. The van der Waals surface area contributed by atoms with E-state index < -0.39 is 5.97 Å². The summed E-state index contributed by atoms with van der Waals surface area (Å²) < 4.78 is 15.0. The molecule has 2 rings (SSSR count). The van der Waals surface area contributed by atoms with Gasteiger partial charge < -0.3 is 14.2 Å². The van der Waals surface area contributed by atoms with Gasteiger partial charge >= 0.3 is 11.9 Å². The number of carbonyl (C=O) groups excluding carboxylic acids is 2. The Hall–Kier alpha value is -2.91. The molecule has 0 fully saturated rings. The maximum atomic E-state index is 12.0. The van der Waals surface area contributed by atoms with E-state index in [0.29, 0.717) is 11.1 Å². The van der Waals surface area contributed by atoms with Crippen molar-refractivity contribution in [1.29, 1.82) is 5.26 Å². The molecule has 6 nitrogen and oxygen atoms in total. The van der Waals surface area contributed by atoms with Crippen molar-refractivity contribution < 1.29 is 23.8 Å². The van der Waals surface area contributed by atoms with Crippen LogP contribution in [0.4, 0.5) is 0 Å². The van der Waals surface area contributed by atoms with Crippen LogP contribution in [-0.2, 0) is 19.0 Å². The molecule has 0 amide bonds. The van der Waals surface area contributed by atoms with Crippen molar-refractivity contribution in [3.8, 4) is 6.07 Å². The van der Waals surface area contributed by atoms with Gasteiger partial charge in [-0.15, -0.1) is 0 Å². The summed E-state index contributed by atoms with van der Waals surface area (Å²) in [6, 6.07) is 12.5. The van der Waals surface area contributed by atoms with Gasteiger partial charge in [0.25, 0.3) is 0 Å². The number of hydrogen-bond donors (Lipinski definition) is 0. The van der Waals surface area contributed by atoms with Crippen LogP contribution in [-0.4, -0.2) is 38.4 Å². The quantitative estimate of drug-likeness (QED) is 0.573. The summed E-state index contributed by atoms with van der Waals surface area (Å²) in [6.07, 6.45) is 0. The lowest BCUT2D eigenvalue weighted by molar-refractivity contribution is -0.142. The molecule has 0 bridgehead atoms. The van der Waals surface area contributed by atoms with Crippen LogP contribution >= 0.6 is 0 Å². The molecule has 0 aliphatic rings. The molecule has 0 saturated carbocycles. The molecule has 6 heteroatoms. The van der Waals surface area contributed by atoms with Crippen LogP contribution in [0.3, 0.4) is 0 Å². The number of fused-ring (bicyclic) bond motifs is 1. The van der Waals surface area contributed by atoms with Crippen LogP contribution in [0.2, 0.25) is 0 Å². The Bertz CT molecular complexity index is 779. The van der Waals surface area contributed by atoms with E-state index in [-0.39, 0.29) is 32.4 Å². The third-order valence-electron chi connectivity index (χ3n) is 3.20. The average molecular weight is 327 g/mol. The van der Waals surface area contributed by atoms with Gasteiger partial charge in [-0.1, -0.05) is 12.1 Å². The first-order chi connectivity index (χ1) is 11.6. The maximum Gasteiger partial charge on any atom is 0.338 e. The van der Waals surface area contributed by atoms with Crippen molar-refractivity contribution in [3.05, 3.63) is 47.5 Å². The van der Waals surface area contributed by atoms with Gasteiger partial charge in [-0.2, -0.15) is 5.26 Å². The Morgan fingerprint density at radius 2 is 1.62 bits per heavy atom. The van der Waals surface area contributed by atoms with Crippen LogP contribution in [0.1, 0.15) is 22.8 Å². The Morgan fingerprint density at radius 1 is 0.958 bits per heavy atom. The fourth-order valence-electron chi connectivity index (χ4n) is 2.07. The van der Waals surface area contributed by atoms with E-state index in [2.05, 4.69) is 6.07 Å². The van der Waals surface area contributed by atoms with E-state index in [1.165, 1.54) is 6.92 Å². The summed E-state index contributed by atoms with van der Waals surface area (Å²) >= 11 is 0. The molecule has 0 spiro atoms. The lowest BCUT2D eigenvalue weighted by Crippen LogP contribution is -2.13. The molecule has 0 N–H and O–H groups in total. The molecule has 0 aliphatic heterocycles. The predicted molar refractivity (Wildman–Crippen MR) is 86.4 cm³/mol. The molecule has 0 unspecified atom stereocenters. The zero-order valence-corrected chi connectivity index (χ0v) is 13.3. The van der Waals surface area contributed by atoms with Crippen LogP contribution in [0.25, 0.3) is 10.8 Å². The van der Waals surface area contributed by atoms with E-state index in [1.54, 1.807) is 36.4 Å². The second kappa shape index (κ2) is 8.65. The lowest BCUT2D eigenvalue weighted by Gasteiger charge is -2.07. The molecule has 0 atom stereocenters. The second-order valence-electron chi connectivity index (χ2n) is 4.98. The largest absolute Gasteiger partial charge is 0.463 e. The average Bonchev–Trinajstić information content (AvgIpc) is 2.59. The minimum absolute atomic E-state index is 0.115. The number of hydrogen-bond acceptors (Lipinski definition) is 6. The number of esters is 2. The summed E-state index contributed by atoms with van der Waals surface area (Å²) in [5.41, 5.74) is 1.01. The molecule has 2 aromatic carbocycles. The van der Waals surface area contributed by atoms with Crippen molar-refractivity contribution in [3.63, 3.8) is 0 Å². The molecular formula is C18H17NO5. The zero-order chi connectivity index (χ0) is 17.4. The molecule has 0 aromatic heterocycles. The predicted octanol–water partition coefficient (Wildman–Crippen LogP) is 2.45. The fourth-order valence-corrected chi connectivity index (χ4v) is 2.07. The molecule has 124 valence electrons. The van der Waals surface area contributed by atoms with Crippen molar-refractivity contribution in [2.75, 3.05) is 26.4 Å². The number of rotatable bonds is 7. The van der Waals surface area contributed by atoms with Crippen molar-refractivity contribution in [1.82, 2.24) is 0 Å². The van der Waals surface area contributed by atoms with Crippen LogP contribution in [0.15, 0.2) is 36.4 Å². The Morgan fingerprint density at radius 3 is 2.33 bits per heavy atom. The third-order valence-corrected chi connectivity index (χ3v) is 3.20. The van der Waals surface area contributed by atoms with Crippen molar-refractivity contribution >= 4 is 22.7 Å².